The van der Waals surface area contributed by atoms with Gasteiger partial charge in [0, 0.05) is 0 Å². The number of ether oxygens (including phenoxy) is 2. The Morgan fingerprint density at radius 3 is 2.24 bits per heavy atom. The monoisotopic (exact) mass is 355 g/mol. The molecule has 1 aliphatic rings. The fourth-order valence-corrected chi connectivity index (χ4v) is 3.24. The predicted octanol–water partition coefficient (Wildman–Crippen LogP) is 4.33. The third-order valence-electron chi connectivity index (χ3n) is 3.61. The number of nitrogens with zero attached hydrogens (tertiary/aromatic N) is 1. The van der Waals surface area contributed by atoms with Gasteiger partial charge in [-0.05, 0) is 66.7 Å². The zero-order valence-corrected chi connectivity index (χ0v) is 14.7. The van der Waals surface area contributed by atoms with Gasteiger partial charge in [0.05, 0.1) is 24.3 Å². The quantitative estimate of drug-likeness (QED) is 0.747. The molecular weight excluding hydrogens is 338 g/mol. The number of anilines is 1. The molecule has 1 aliphatic heterocycles. The van der Waals surface area contributed by atoms with Gasteiger partial charge in [-0.3, -0.25) is 9.59 Å². The highest BCUT2D eigenvalue weighted by Gasteiger charge is 2.36. The van der Waals surface area contributed by atoms with Crippen molar-refractivity contribution < 1.29 is 19.1 Å². The van der Waals surface area contributed by atoms with Crippen molar-refractivity contribution in [1.82, 2.24) is 0 Å². The Labute approximate surface area is 150 Å². The number of imide groups is 1. The smallest absolute Gasteiger partial charge is 0.298 e. The topological polar surface area (TPSA) is 55.8 Å². The van der Waals surface area contributed by atoms with Crippen LogP contribution < -0.4 is 14.4 Å². The predicted molar refractivity (Wildman–Crippen MR) is 99.1 cm³/mol. The summed E-state index contributed by atoms with van der Waals surface area (Å²) >= 11 is 0.932. The largest absolute Gasteiger partial charge is 0.497 e. The summed E-state index contributed by atoms with van der Waals surface area (Å²) in [5, 5.41) is -0.311. The zero-order chi connectivity index (χ0) is 17.8. The fourth-order valence-electron chi connectivity index (χ4n) is 2.40. The van der Waals surface area contributed by atoms with Crippen LogP contribution >= 0.6 is 11.8 Å². The van der Waals surface area contributed by atoms with Crippen LogP contribution in [0, 0.1) is 0 Å². The van der Waals surface area contributed by atoms with Crippen LogP contribution in [-0.4, -0.2) is 24.9 Å². The highest BCUT2D eigenvalue weighted by atomic mass is 32.2. The number of methoxy groups -OCH3 is 1. The van der Waals surface area contributed by atoms with E-state index >= 15 is 0 Å². The van der Waals surface area contributed by atoms with Crippen LogP contribution in [0.4, 0.5) is 10.5 Å². The minimum Gasteiger partial charge on any atom is -0.497 e. The van der Waals surface area contributed by atoms with Gasteiger partial charge in [0.2, 0.25) is 0 Å². The van der Waals surface area contributed by atoms with Crippen LogP contribution in [0.1, 0.15) is 12.5 Å². The van der Waals surface area contributed by atoms with Crippen molar-refractivity contribution in [2.75, 3.05) is 18.6 Å². The van der Waals surface area contributed by atoms with Crippen molar-refractivity contribution in [2.45, 2.75) is 6.92 Å². The summed E-state index contributed by atoms with van der Waals surface area (Å²) in [5.74, 6) is 1.11. The Kier molecular flexibility index (Phi) is 5.09. The Bertz CT molecular complexity index is 812. The Balaban J connectivity index is 1.82. The molecular formula is C19H17NO4S. The number of carbonyl (C=O) groups excluding carboxylic acids is 2. The molecule has 5 nitrogen and oxygen atoms in total. The number of amides is 2. The van der Waals surface area contributed by atoms with Gasteiger partial charge >= 0.3 is 0 Å². The summed E-state index contributed by atoms with van der Waals surface area (Å²) in [4.78, 5) is 26.5. The minimum atomic E-state index is -0.324. The molecule has 0 N–H and O–H groups in total. The van der Waals surface area contributed by atoms with Gasteiger partial charge in [-0.25, -0.2) is 4.90 Å². The third kappa shape index (κ3) is 3.69. The first-order valence-electron chi connectivity index (χ1n) is 7.77. The first kappa shape index (κ1) is 17.1. The molecule has 0 atom stereocenters. The average molecular weight is 355 g/mol. The van der Waals surface area contributed by atoms with E-state index in [0.29, 0.717) is 22.9 Å². The lowest BCUT2D eigenvalue weighted by molar-refractivity contribution is -0.113. The van der Waals surface area contributed by atoms with Gasteiger partial charge in [0.25, 0.3) is 11.1 Å². The van der Waals surface area contributed by atoms with E-state index < -0.39 is 0 Å². The maximum Gasteiger partial charge on any atom is 0.298 e. The molecule has 0 unspecified atom stereocenters. The molecule has 0 spiro atoms. The van der Waals surface area contributed by atoms with Crippen LogP contribution in [0.2, 0.25) is 0 Å². The summed E-state index contributed by atoms with van der Waals surface area (Å²) in [6.45, 7) is 2.46. The second-order valence-corrected chi connectivity index (χ2v) is 6.21. The molecule has 0 aromatic heterocycles. The van der Waals surface area contributed by atoms with E-state index in [0.717, 1.165) is 23.1 Å². The number of rotatable bonds is 5. The van der Waals surface area contributed by atoms with Crippen molar-refractivity contribution in [1.29, 1.82) is 0 Å². The van der Waals surface area contributed by atoms with Gasteiger partial charge in [0.1, 0.15) is 11.5 Å². The Morgan fingerprint density at radius 2 is 1.64 bits per heavy atom. The molecule has 25 heavy (non-hydrogen) atoms. The van der Waals surface area contributed by atoms with Gasteiger partial charge in [0.15, 0.2) is 0 Å². The Hall–Kier alpha value is -2.73. The normalized spacial score (nSPS) is 15.8. The molecule has 2 aromatic carbocycles. The van der Waals surface area contributed by atoms with Gasteiger partial charge in [-0.1, -0.05) is 12.1 Å². The molecule has 0 saturated carbocycles. The van der Waals surface area contributed by atoms with E-state index in [1.807, 2.05) is 31.2 Å². The highest BCUT2D eigenvalue weighted by Crippen LogP contribution is 2.36. The van der Waals surface area contributed by atoms with Crippen LogP contribution in [0.15, 0.2) is 53.4 Å². The summed E-state index contributed by atoms with van der Waals surface area (Å²) in [5.41, 5.74) is 1.36. The molecule has 128 valence electrons. The number of benzene rings is 2. The molecule has 0 aliphatic carbocycles. The molecule has 3 rings (SSSR count). The first-order chi connectivity index (χ1) is 12.1. The number of thioether (sulfide) groups is 1. The van der Waals surface area contributed by atoms with Crippen LogP contribution in [0.3, 0.4) is 0 Å². The van der Waals surface area contributed by atoms with Crippen LogP contribution in [0.5, 0.6) is 11.5 Å². The fraction of sp³-hybridized carbons (Fsp3) is 0.158. The second-order valence-electron chi connectivity index (χ2n) is 5.22. The third-order valence-corrected chi connectivity index (χ3v) is 4.48. The van der Waals surface area contributed by atoms with E-state index in [4.69, 9.17) is 9.47 Å². The number of hydrogen-bond acceptors (Lipinski definition) is 5. The summed E-state index contributed by atoms with van der Waals surface area (Å²) in [6.07, 6.45) is 1.71. The highest BCUT2D eigenvalue weighted by molar-refractivity contribution is 8.19. The molecule has 2 aromatic rings. The van der Waals surface area contributed by atoms with Crippen molar-refractivity contribution in [2.24, 2.45) is 0 Å². The van der Waals surface area contributed by atoms with Crippen molar-refractivity contribution in [3.63, 3.8) is 0 Å². The van der Waals surface area contributed by atoms with E-state index in [-0.39, 0.29) is 11.1 Å². The summed E-state index contributed by atoms with van der Waals surface area (Å²) in [7, 11) is 1.59. The number of hydrogen-bond donors (Lipinski definition) is 0. The SMILES string of the molecule is CCOc1ccc(N2C(=O)S/C(=C\c3ccc(OC)cc3)C2=O)cc1. The van der Waals surface area contributed by atoms with Crippen LogP contribution in [-0.2, 0) is 4.79 Å². The molecule has 1 fully saturated rings. The lowest BCUT2D eigenvalue weighted by Gasteiger charge is -2.13. The number of carbonyl (C=O) groups is 2. The molecule has 1 saturated heterocycles. The van der Waals surface area contributed by atoms with E-state index in [2.05, 4.69) is 0 Å². The van der Waals surface area contributed by atoms with Crippen molar-refractivity contribution in [3.05, 3.63) is 59.0 Å². The molecule has 6 heteroatoms. The van der Waals surface area contributed by atoms with Crippen LogP contribution in [0.25, 0.3) is 6.08 Å². The maximum atomic E-state index is 12.6. The van der Waals surface area contributed by atoms with E-state index in [1.54, 1.807) is 37.5 Å². The van der Waals surface area contributed by atoms with Crippen molar-refractivity contribution in [3.8, 4) is 11.5 Å². The maximum absolute atomic E-state index is 12.6. The van der Waals surface area contributed by atoms with E-state index in [9.17, 15) is 9.59 Å². The minimum absolute atomic E-state index is 0.311. The Morgan fingerprint density at radius 1 is 1.00 bits per heavy atom. The standard InChI is InChI=1S/C19H17NO4S/c1-3-24-16-10-6-14(7-11-16)20-18(21)17(25-19(20)22)12-13-4-8-15(23-2)9-5-13/h4-12H,3H2,1-2H3/b17-12-. The summed E-state index contributed by atoms with van der Waals surface area (Å²) < 4.78 is 10.5. The van der Waals surface area contributed by atoms with Crippen molar-refractivity contribution >= 4 is 34.7 Å². The van der Waals surface area contributed by atoms with E-state index in [1.165, 1.54) is 4.90 Å². The zero-order valence-electron chi connectivity index (χ0n) is 13.9. The molecule has 1 heterocycles. The molecule has 0 radical (unpaired) electrons. The average Bonchev–Trinajstić information content (AvgIpc) is 2.90. The summed E-state index contributed by atoms with van der Waals surface area (Å²) in [6, 6.07) is 14.2. The first-order valence-corrected chi connectivity index (χ1v) is 8.59. The second kappa shape index (κ2) is 7.44. The molecule has 2 amide bonds. The lowest BCUT2D eigenvalue weighted by atomic mass is 10.2. The molecule has 0 bridgehead atoms. The lowest BCUT2D eigenvalue weighted by Crippen LogP contribution is -2.27. The van der Waals surface area contributed by atoms with Gasteiger partial charge in [-0.15, -0.1) is 0 Å². The van der Waals surface area contributed by atoms with Gasteiger partial charge < -0.3 is 9.47 Å². The van der Waals surface area contributed by atoms with Gasteiger partial charge in [-0.2, -0.15) is 0 Å².